The first-order valence-electron chi connectivity index (χ1n) is 5.53. The molecule has 2 aromatic rings. The molecule has 0 N–H and O–H groups in total. The van der Waals surface area contributed by atoms with Crippen LogP contribution in [-0.4, -0.2) is 9.53 Å². The number of hydrogen-bond donors (Lipinski definition) is 0. The van der Waals surface area contributed by atoms with Crippen molar-refractivity contribution in [2.75, 3.05) is 0 Å². The Morgan fingerprint density at radius 1 is 1.00 bits per heavy atom. The quantitative estimate of drug-likeness (QED) is 0.683. The molecule has 0 saturated heterocycles. The number of rotatable bonds is 0. The van der Waals surface area contributed by atoms with Gasteiger partial charge in [-0.2, -0.15) is 0 Å². The summed E-state index contributed by atoms with van der Waals surface area (Å²) in [5, 5.41) is 3.45. The Kier molecular flexibility index (Phi) is 14.9. The van der Waals surface area contributed by atoms with Crippen LogP contribution in [-0.2, 0) is 0 Å². The van der Waals surface area contributed by atoms with Crippen molar-refractivity contribution in [1.82, 2.24) is 9.53 Å². The van der Waals surface area contributed by atoms with Crippen LogP contribution in [0, 0.1) is 13.8 Å². The van der Waals surface area contributed by atoms with Gasteiger partial charge in [-0.1, -0.05) is 32.9 Å². The number of aromatic nitrogens is 2. The van der Waals surface area contributed by atoms with Gasteiger partial charge in [-0.05, 0) is 31.4 Å². The Labute approximate surface area is 103 Å². The maximum atomic E-state index is 4.58. The molecule has 0 aliphatic heterocycles. The molecular formula is C12H22N2OS. The Bertz CT molecular complexity index is 258. The van der Waals surface area contributed by atoms with Crippen LogP contribution in [0.15, 0.2) is 29.0 Å². The lowest BCUT2D eigenvalue weighted by Gasteiger charge is -1.65. The lowest BCUT2D eigenvalue weighted by molar-refractivity contribution is 0.397. The highest BCUT2D eigenvalue weighted by atomic mass is 32.1. The zero-order chi connectivity index (χ0) is 12.8. The number of nitrogens with zero attached hydrogens (tertiary/aromatic N) is 2. The Morgan fingerprint density at radius 3 is 1.75 bits per heavy atom. The van der Waals surface area contributed by atoms with E-state index in [-0.39, 0.29) is 0 Å². The monoisotopic (exact) mass is 242 g/mol. The summed E-state index contributed by atoms with van der Waals surface area (Å²) in [4.78, 5) is 1.27. The lowest BCUT2D eigenvalue weighted by Crippen LogP contribution is -1.50. The molecule has 0 aliphatic rings. The van der Waals surface area contributed by atoms with E-state index in [9.17, 15) is 0 Å². The molecule has 2 rings (SSSR count). The first-order chi connectivity index (χ1) is 7.79. The minimum absolute atomic E-state index is 0.856. The first kappa shape index (κ1) is 17.2. The van der Waals surface area contributed by atoms with Gasteiger partial charge in [0.2, 0.25) is 0 Å². The summed E-state index contributed by atoms with van der Waals surface area (Å²) in [5.74, 6) is 0.856. The fourth-order valence-electron chi connectivity index (χ4n) is 0.559. The van der Waals surface area contributed by atoms with Crippen LogP contribution in [0.3, 0.4) is 0 Å². The van der Waals surface area contributed by atoms with Crippen molar-refractivity contribution in [3.63, 3.8) is 0 Å². The van der Waals surface area contributed by atoms with Crippen molar-refractivity contribution in [2.24, 2.45) is 0 Å². The van der Waals surface area contributed by atoms with Gasteiger partial charge in [0, 0.05) is 17.1 Å². The van der Waals surface area contributed by atoms with Crippen LogP contribution < -0.4 is 0 Å². The van der Waals surface area contributed by atoms with Gasteiger partial charge in [-0.15, -0.1) is 0 Å². The van der Waals surface area contributed by atoms with Crippen LogP contribution in [0.25, 0.3) is 0 Å². The second-order valence-electron chi connectivity index (χ2n) is 2.25. The molecule has 0 spiro atoms. The normalized spacial score (nSPS) is 7.38. The molecule has 2 aromatic heterocycles. The van der Waals surface area contributed by atoms with Crippen molar-refractivity contribution in [3.05, 3.63) is 35.2 Å². The lowest BCUT2D eigenvalue weighted by atomic mass is 10.5. The third kappa shape index (κ3) is 10.9. The third-order valence-electron chi connectivity index (χ3n) is 1.13. The zero-order valence-electron chi connectivity index (χ0n) is 11.0. The first-order valence-corrected chi connectivity index (χ1v) is 6.31. The highest BCUT2D eigenvalue weighted by Gasteiger charge is 1.78. The molecule has 0 radical (unpaired) electrons. The third-order valence-corrected chi connectivity index (χ3v) is 1.78. The van der Waals surface area contributed by atoms with Gasteiger partial charge in [-0.25, -0.2) is 4.37 Å². The predicted octanol–water partition coefficient (Wildman–Crippen LogP) is 4.49. The van der Waals surface area contributed by atoms with Gasteiger partial charge in [0.15, 0.2) is 0 Å². The fourth-order valence-corrected chi connectivity index (χ4v) is 0.968. The van der Waals surface area contributed by atoms with Crippen LogP contribution in [0.5, 0.6) is 0 Å². The topological polar surface area (TPSA) is 38.9 Å². The largest absolute Gasteiger partial charge is 0.362 e. The minimum atomic E-state index is 0.856. The van der Waals surface area contributed by atoms with Crippen molar-refractivity contribution >= 4 is 11.5 Å². The maximum absolute atomic E-state index is 4.58. The average molecular weight is 242 g/mol. The maximum Gasteiger partial charge on any atom is 0.133 e. The smallest absolute Gasteiger partial charge is 0.133 e. The van der Waals surface area contributed by atoms with E-state index in [4.69, 9.17) is 0 Å². The number of aryl methyl sites for hydroxylation is 2. The van der Waals surface area contributed by atoms with Gasteiger partial charge < -0.3 is 4.52 Å². The molecule has 0 saturated carbocycles. The van der Waals surface area contributed by atoms with Crippen molar-refractivity contribution < 1.29 is 4.52 Å². The van der Waals surface area contributed by atoms with Gasteiger partial charge >= 0.3 is 0 Å². The van der Waals surface area contributed by atoms with E-state index in [0.29, 0.717) is 0 Å². The molecule has 2 heterocycles. The molecule has 92 valence electrons. The van der Waals surface area contributed by atoms with Crippen molar-refractivity contribution in [3.8, 4) is 0 Å². The van der Waals surface area contributed by atoms with Gasteiger partial charge in [0.25, 0.3) is 0 Å². The molecular weight excluding hydrogens is 220 g/mol. The average Bonchev–Trinajstić information content (AvgIpc) is 2.98. The second-order valence-corrected chi connectivity index (χ2v) is 3.28. The SMILES string of the molecule is CC.CC.Cc1ccno1.Cc1ccns1. The zero-order valence-corrected chi connectivity index (χ0v) is 11.8. The van der Waals surface area contributed by atoms with E-state index in [2.05, 4.69) is 14.1 Å². The standard InChI is InChI=1S/C4H5NO.C4H5NS.2C2H6/c2*1-4-2-3-5-6-4;2*1-2/h2*2-3H,1H3;2*1-2H3. The Hall–Kier alpha value is -1.16. The summed E-state index contributed by atoms with van der Waals surface area (Å²) in [5.41, 5.74) is 0. The highest BCUT2D eigenvalue weighted by molar-refractivity contribution is 7.05. The van der Waals surface area contributed by atoms with E-state index in [1.165, 1.54) is 16.4 Å². The minimum Gasteiger partial charge on any atom is -0.362 e. The summed E-state index contributed by atoms with van der Waals surface area (Å²) < 4.78 is 8.45. The number of hydrogen-bond acceptors (Lipinski definition) is 4. The Morgan fingerprint density at radius 2 is 1.62 bits per heavy atom. The molecule has 0 amide bonds. The summed E-state index contributed by atoms with van der Waals surface area (Å²) >= 11 is 1.53. The molecule has 16 heavy (non-hydrogen) atoms. The predicted molar refractivity (Wildman–Crippen MR) is 70.8 cm³/mol. The summed E-state index contributed by atoms with van der Waals surface area (Å²) in [6, 6.07) is 3.80. The van der Waals surface area contributed by atoms with Crippen molar-refractivity contribution in [1.29, 1.82) is 0 Å². The highest BCUT2D eigenvalue weighted by Crippen LogP contribution is 1.98. The van der Waals surface area contributed by atoms with E-state index >= 15 is 0 Å². The molecule has 3 nitrogen and oxygen atoms in total. The van der Waals surface area contributed by atoms with E-state index in [1.54, 1.807) is 18.5 Å². The van der Waals surface area contributed by atoms with E-state index in [1.807, 2.05) is 47.6 Å². The molecule has 0 aromatic carbocycles. The van der Waals surface area contributed by atoms with E-state index in [0.717, 1.165) is 5.76 Å². The summed E-state index contributed by atoms with van der Waals surface area (Å²) in [6.45, 7) is 11.9. The molecule has 0 fully saturated rings. The fraction of sp³-hybridized carbons (Fsp3) is 0.500. The molecule has 0 unspecified atom stereocenters. The van der Waals surface area contributed by atoms with Crippen LogP contribution in [0.1, 0.15) is 38.3 Å². The van der Waals surface area contributed by atoms with Crippen LogP contribution in [0.4, 0.5) is 0 Å². The summed E-state index contributed by atoms with van der Waals surface area (Å²) in [7, 11) is 0. The van der Waals surface area contributed by atoms with Gasteiger partial charge in [-0.3, -0.25) is 0 Å². The Balaban J connectivity index is 0. The van der Waals surface area contributed by atoms with Crippen LogP contribution in [0.2, 0.25) is 0 Å². The molecule has 0 bridgehead atoms. The van der Waals surface area contributed by atoms with Gasteiger partial charge in [0.05, 0.1) is 6.20 Å². The van der Waals surface area contributed by atoms with E-state index < -0.39 is 0 Å². The van der Waals surface area contributed by atoms with Gasteiger partial charge in [0.1, 0.15) is 5.76 Å². The second kappa shape index (κ2) is 13.8. The summed E-state index contributed by atoms with van der Waals surface area (Å²) in [6.07, 6.45) is 3.43. The molecule has 4 heteroatoms. The van der Waals surface area contributed by atoms with Crippen molar-refractivity contribution in [2.45, 2.75) is 41.5 Å². The van der Waals surface area contributed by atoms with Crippen LogP contribution >= 0.6 is 11.5 Å². The molecule has 0 aliphatic carbocycles. The molecule has 0 atom stereocenters.